The van der Waals surface area contributed by atoms with Crippen molar-refractivity contribution in [2.24, 2.45) is 0 Å². The summed E-state index contributed by atoms with van der Waals surface area (Å²) in [5.41, 5.74) is 1.31. The Morgan fingerprint density at radius 2 is 1.97 bits per heavy atom. The van der Waals surface area contributed by atoms with Crippen LogP contribution >= 0.6 is 0 Å². The molecule has 1 aliphatic rings. The second kappa shape index (κ2) is 9.92. The van der Waals surface area contributed by atoms with Crippen LogP contribution in [-0.4, -0.2) is 69.5 Å². The molecule has 1 aromatic carbocycles. The number of carbonyl (C=O) groups is 1. The largest absolute Gasteiger partial charge is 0.493 e. The topological polar surface area (TPSA) is 97.8 Å². The van der Waals surface area contributed by atoms with Gasteiger partial charge >= 0.3 is 0 Å². The normalized spacial score (nSPS) is 13.7. The number of aromatic nitrogens is 2. The minimum atomic E-state index is -0.235. The molecule has 2 heterocycles. The van der Waals surface area contributed by atoms with Crippen LogP contribution in [0.15, 0.2) is 24.3 Å². The van der Waals surface area contributed by atoms with Crippen molar-refractivity contribution < 1.29 is 19.0 Å². The van der Waals surface area contributed by atoms with Crippen LogP contribution in [0.1, 0.15) is 16.1 Å². The van der Waals surface area contributed by atoms with Gasteiger partial charge in [0, 0.05) is 37.9 Å². The second-order valence-electron chi connectivity index (χ2n) is 6.51. The molecule has 1 fully saturated rings. The molecular formula is C20H27N5O4. The van der Waals surface area contributed by atoms with E-state index in [0.717, 1.165) is 24.6 Å². The minimum Gasteiger partial charge on any atom is -0.493 e. The van der Waals surface area contributed by atoms with Crippen LogP contribution in [0.4, 0.5) is 11.8 Å². The number of nitrogens with zero attached hydrogens (tertiary/aromatic N) is 3. The van der Waals surface area contributed by atoms with Crippen LogP contribution in [0.25, 0.3) is 0 Å². The number of aryl methyl sites for hydroxylation is 1. The van der Waals surface area contributed by atoms with E-state index in [4.69, 9.17) is 14.2 Å². The summed E-state index contributed by atoms with van der Waals surface area (Å²) in [5.74, 6) is 2.12. The first-order valence-corrected chi connectivity index (χ1v) is 9.54. The molecule has 0 saturated carbocycles. The Labute approximate surface area is 170 Å². The van der Waals surface area contributed by atoms with Gasteiger partial charge in [0.2, 0.25) is 5.95 Å². The predicted molar refractivity (Wildman–Crippen MR) is 110 cm³/mol. The summed E-state index contributed by atoms with van der Waals surface area (Å²) < 4.78 is 15.9. The van der Waals surface area contributed by atoms with Crippen molar-refractivity contribution in [3.63, 3.8) is 0 Å². The first-order valence-electron chi connectivity index (χ1n) is 9.54. The van der Waals surface area contributed by atoms with E-state index >= 15 is 0 Å². The van der Waals surface area contributed by atoms with Crippen LogP contribution in [0, 0.1) is 6.92 Å². The van der Waals surface area contributed by atoms with Crippen LogP contribution in [0.5, 0.6) is 11.5 Å². The molecule has 1 amide bonds. The zero-order valence-electron chi connectivity index (χ0n) is 17.0. The second-order valence-corrected chi connectivity index (χ2v) is 6.51. The smallest absolute Gasteiger partial charge is 0.255 e. The third kappa shape index (κ3) is 5.26. The summed E-state index contributed by atoms with van der Waals surface area (Å²) in [4.78, 5) is 23.7. The van der Waals surface area contributed by atoms with Crippen molar-refractivity contribution in [1.82, 2.24) is 15.3 Å². The summed E-state index contributed by atoms with van der Waals surface area (Å²) in [6, 6.07) is 7.16. The molecular weight excluding hydrogens is 374 g/mol. The van der Waals surface area contributed by atoms with E-state index in [1.807, 2.05) is 13.0 Å². The van der Waals surface area contributed by atoms with E-state index in [1.165, 1.54) is 14.2 Å². The number of carbonyl (C=O) groups excluding carboxylic acids is 1. The van der Waals surface area contributed by atoms with Crippen LogP contribution in [0.3, 0.4) is 0 Å². The van der Waals surface area contributed by atoms with Crippen LogP contribution in [-0.2, 0) is 4.74 Å². The van der Waals surface area contributed by atoms with E-state index in [-0.39, 0.29) is 5.91 Å². The Hall–Kier alpha value is -3.07. The van der Waals surface area contributed by atoms with Crippen molar-refractivity contribution in [2.45, 2.75) is 6.92 Å². The Kier molecular flexibility index (Phi) is 7.07. The predicted octanol–water partition coefficient (Wildman–Crippen LogP) is 1.48. The SMILES string of the molecule is COc1cccc(C(=O)NCCNc2nc(C)cc(N3CCOCC3)n2)c1OC. The van der Waals surface area contributed by atoms with Crippen LogP contribution < -0.4 is 25.0 Å². The monoisotopic (exact) mass is 401 g/mol. The molecule has 1 saturated heterocycles. The van der Waals surface area contributed by atoms with Crippen molar-refractivity contribution in [3.8, 4) is 11.5 Å². The highest BCUT2D eigenvalue weighted by molar-refractivity contribution is 5.97. The number of para-hydroxylation sites is 1. The molecule has 2 N–H and O–H groups in total. The van der Waals surface area contributed by atoms with Gasteiger partial charge in [-0.05, 0) is 19.1 Å². The summed E-state index contributed by atoms with van der Waals surface area (Å²) >= 11 is 0. The van der Waals surface area contributed by atoms with Crippen LogP contribution in [0.2, 0.25) is 0 Å². The number of methoxy groups -OCH3 is 2. The molecule has 0 atom stereocenters. The summed E-state index contributed by atoms with van der Waals surface area (Å²) in [6.45, 7) is 5.86. The Bertz CT molecular complexity index is 840. The number of amides is 1. The molecule has 3 rings (SSSR count). The minimum absolute atomic E-state index is 0.235. The van der Waals surface area contributed by atoms with E-state index in [1.54, 1.807) is 18.2 Å². The molecule has 2 aromatic rings. The van der Waals surface area contributed by atoms with Gasteiger partial charge in [-0.3, -0.25) is 4.79 Å². The molecule has 0 aliphatic carbocycles. The molecule has 1 aliphatic heterocycles. The van der Waals surface area contributed by atoms with Gasteiger partial charge in [0.05, 0.1) is 33.0 Å². The number of hydrogen-bond donors (Lipinski definition) is 2. The van der Waals surface area contributed by atoms with Gasteiger partial charge in [-0.2, -0.15) is 4.98 Å². The summed E-state index contributed by atoms with van der Waals surface area (Å²) in [7, 11) is 3.05. The van der Waals surface area contributed by atoms with Crippen molar-refractivity contribution in [1.29, 1.82) is 0 Å². The molecule has 9 nitrogen and oxygen atoms in total. The molecule has 0 bridgehead atoms. The summed E-state index contributed by atoms with van der Waals surface area (Å²) in [5, 5.41) is 6.04. The van der Waals surface area contributed by atoms with E-state index in [0.29, 0.717) is 49.3 Å². The fourth-order valence-corrected chi connectivity index (χ4v) is 3.10. The zero-order chi connectivity index (χ0) is 20.6. The number of benzene rings is 1. The van der Waals surface area contributed by atoms with Gasteiger partial charge in [0.15, 0.2) is 11.5 Å². The maximum Gasteiger partial charge on any atom is 0.255 e. The van der Waals surface area contributed by atoms with E-state index in [2.05, 4.69) is 25.5 Å². The number of nitrogens with one attached hydrogen (secondary N) is 2. The van der Waals surface area contributed by atoms with E-state index < -0.39 is 0 Å². The fourth-order valence-electron chi connectivity index (χ4n) is 3.10. The highest BCUT2D eigenvalue weighted by Crippen LogP contribution is 2.30. The highest BCUT2D eigenvalue weighted by atomic mass is 16.5. The third-order valence-corrected chi connectivity index (χ3v) is 4.52. The maximum absolute atomic E-state index is 12.5. The zero-order valence-corrected chi connectivity index (χ0v) is 17.0. The first kappa shape index (κ1) is 20.7. The third-order valence-electron chi connectivity index (χ3n) is 4.52. The molecule has 156 valence electrons. The molecule has 0 unspecified atom stereocenters. The number of rotatable bonds is 8. The Morgan fingerprint density at radius 3 is 2.69 bits per heavy atom. The maximum atomic E-state index is 12.5. The number of morpholine rings is 1. The van der Waals surface area contributed by atoms with Gasteiger partial charge in [0.1, 0.15) is 5.82 Å². The number of anilines is 2. The molecule has 9 heteroatoms. The number of hydrogen-bond acceptors (Lipinski definition) is 8. The highest BCUT2D eigenvalue weighted by Gasteiger charge is 2.16. The van der Waals surface area contributed by atoms with Gasteiger partial charge < -0.3 is 29.7 Å². The lowest BCUT2D eigenvalue weighted by Gasteiger charge is -2.28. The average Bonchev–Trinajstić information content (AvgIpc) is 2.76. The van der Waals surface area contributed by atoms with Gasteiger partial charge in [-0.25, -0.2) is 4.98 Å². The van der Waals surface area contributed by atoms with Gasteiger partial charge in [-0.1, -0.05) is 6.07 Å². The Balaban J connectivity index is 1.55. The van der Waals surface area contributed by atoms with Crippen molar-refractivity contribution in [3.05, 3.63) is 35.5 Å². The fraction of sp³-hybridized carbons (Fsp3) is 0.450. The summed E-state index contributed by atoms with van der Waals surface area (Å²) in [6.07, 6.45) is 0. The lowest BCUT2D eigenvalue weighted by Crippen LogP contribution is -2.37. The van der Waals surface area contributed by atoms with Crippen molar-refractivity contribution >= 4 is 17.7 Å². The lowest BCUT2D eigenvalue weighted by atomic mass is 10.1. The van der Waals surface area contributed by atoms with Gasteiger partial charge in [-0.15, -0.1) is 0 Å². The molecule has 1 aromatic heterocycles. The Morgan fingerprint density at radius 1 is 1.17 bits per heavy atom. The van der Waals surface area contributed by atoms with E-state index in [9.17, 15) is 4.79 Å². The molecule has 29 heavy (non-hydrogen) atoms. The number of ether oxygens (including phenoxy) is 3. The van der Waals surface area contributed by atoms with Crippen molar-refractivity contribution in [2.75, 3.05) is 63.8 Å². The molecule has 0 radical (unpaired) electrons. The molecule has 0 spiro atoms. The first-order chi connectivity index (χ1) is 14.1. The lowest BCUT2D eigenvalue weighted by molar-refractivity contribution is 0.0951. The standard InChI is InChI=1S/C20H27N5O4/c1-14-13-17(25-9-11-29-12-10-25)24-20(23-14)22-8-7-21-19(26)15-5-4-6-16(27-2)18(15)28-3/h4-6,13H,7-12H2,1-3H3,(H,21,26)(H,22,23,24). The van der Waals surface area contributed by atoms with Gasteiger partial charge in [0.25, 0.3) is 5.91 Å². The average molecular weight is 401 g/mol. The quantitative estimate of drug-likeness (QED) is 0.642.